The van der Waals surface area contributed by atoms with E-state index in [-0.39, 0.29) is 43.6 Å². The van der Waals surface area contributed by atoms with Crippen molar-refractivity contribution in [2.24, 2.45) is 5.92 Å². The molecular formula is C61H53N5O11. The van der Waals surface area contributed by atoms with Gasteiger partial charge >= 0.3 is 12.1 Å². The summed E-state index contributed by atoms with van der Waals surface area (Å²) in [6.45, 7) is 1.80. The number of allylic oxidation sites excluding steroid dienone is 2. The van der Waals surface area contributed by atoms with Gasteiger partial charge < -0.3 is 29.0 Å². The summed E-state index contributed by atoms with van der Waals surface area (Å²) in [6, 6.07) is 38.4. The number of imide groups is 1. The molecule has 0 saturated carbocycles. The molecule has 3 saturated heterocycles. The number of phenolic OH excluding ortho intramolecular Hbond substituents is 1. The highest BCUT2D eigenvalue weighted by Crippen LogP contribution is 2.66. The minimum absolute atomic E-state index is 0.0485. The van der Waals surface area contributed by atoms with Gasteiger partial charge in [0.05, 0.1) is 28.6 Å². The van der Waals surface area contributed by atoms with Crippen molar-refractivity contribution in [3.8, 4) is 29.1 Å². The van der Waals surface area contributed by atoms with Gasteiger partial charge in [-0.1, -0.05) is 96.8 Å². The highest BCUT2D eigenvalue weighted by molar-refractivity contribution is 6.23. The first kappa shape index (κ1) is 49.1. The molecule has 6 aromatic carbocycles. The Morgan fingerprint density at radius 3 is 2.18 bits per heavy atom. The standard InChI is InChI=1S/C61H53N5O11/c67-47-26-22-45(23-27-47)56-61(48-34-40(17-16-39-10-4-1-5-11-39)20-28-49(48)64(59(61)70)60(71)74-37-41-18-24-46(25-19-41)66(72)73)52(57(68)63-32-30-62(31-33-63)36-42-21-29-50-51(35-42)76-38-75-50)54-58(69)77-55(44-14-8-3-9-15-44)53(65(54)56)43-12-6-2-7-13-43/h2-3,6-10,12-15,18-29,34-35,52-56,67H,1,4-5,11,30-33,36-38H2. The number of non-ortho nitro benzene ring substituents is 1. The number of ether oxygens (including phenoxy) is 4. The number of hydrogen-bond donors (Lipinski definition) is 1. The van der Waals surface area contributed by atoms with E-state index in [1.165, 1.54) is 36.4 Å². The maximum Gasteiger partial charge on any atom is 0.421 e. The number of carbonyl (C=O) groups excluding carboxylic acids is 4. The van der Waals surface area contributed by atoms with Gasteiger partial charge in [0.2, 0.25) is 18.6 Å². The molecular weight excluding hydrogens is 979 g/mol. The fraction of sp³-hybridized carbons (Fsp3) is 0.279. The molecule has 5 aliphatic heterocycles. The van der Waals surface area contributed by atoms with Crippen molar-refractivity contribution < 1.29 is 48.2 Å². The third kappa shape index (κ3) is 8.90. The lowest BCUT2D eigenvalue weighted by Crippen LogP contribution is -2.59. The smallest absolute Gasteiger partial charge is 0.421 e. The second-order valence-corrected chi connectivity index (χ2v) is 20.2. The van der Waals surface area contributed by atoms with Crippen LogP contribution in [0, 0.1) is 27.9 Å². The molecule has 6 aromatic rings. The van der Waals surface area contributed by atoms with Gasteiger partial charge in [0.1, 0.15) is 29.9 Å². The molecule has 0 radical (unpaired) electrons. The van der Waals surface area contributed by atoms with E-state index in [0.29, 0.717) is 59.0 Å². The average molecular weight is 1030 g/mol. The summed E-state index contributed by atoms with van der Waals surface area (Å²) in [5.74, 6) is 4.49. The van der Waals surface area contributed by atoms with E-state index in [1.54, 1.807) is 35.2 Å². The van der Waals surface area contributed by atoms with Crippen LogP contribution in [0.4, 0.5) is 16.2 Å². The van der Waals surface area contributed by atoms with E-state index < -0.39 is 64.4 Å². The Balaban J connectivity index is 1.04. The van der Waals surface area contributed by atoms with E-state index in [2.05, 4.69) is 22.8 Å². The molecule has 5 heterocycles. The molecule has 388 valence electrons. The predicted molar refractivity (Wildman–Crippen MR) is 281 cm³/mol. The van der Waals surface area contributed by atoms with Gasteiger partial charge in [-0.15, -0.1) is 0 Å². The molecule has 1 N–H and O–H groups in total. The maximum atomic E-state index is 16.8. The van der Waals surface area contributed by atoms with Crippen LogP contribution in [0.25, 0.3) is 0 Å². The molecule has 3 fully saturated rings. The SMILES string of the molecule is O=C1OC(c2ccccc2)C(c2ccccc2)N2C1C(C(=O)N1CCN(Cc3ccc4c(c3)OCO4)CC1)C1(C(=O)N(C(=O)OCc3ccc([N+](=O)[O-])cc3)c3ccc(C#CC4=CCCCC4)cc31)C2c1ccc(O)cc1. The monoisotopic (exact) mass is 1030 g/mol. The normalized spacial score (nSPS) is 23.6. The number of nitro benzene ring substituents is 1. The van der Waals surface area contributed by atoms with Crippen LogP contribution in [-0.2, 0) is 42.4 Å². The number of aromatic hydroxyl groups is 1. The number of nitro groups is 1. The molecule has 0 bridgehead atoms. The Labute approximate surface area is 444 Å². The first-order valence-electron chi connectivity index (χ1n) is 25.9. The number of piperazine rings is 1. The highest BCUT2D eigenvalue weighted by atomic mass is 16.7. The number of carbonyl (C=O) groups is 4. The predicted octanol–water partition coefficient (Wildman–Crippen LogP) is 9.23. The van der Waals surface area contributed by atoms with E-state index in [9.17, 15) is 15.2 Å². The Morgan fingerprint density at radius 1 is 0.753 bits per heavy atom. The minimum Gasteiger partial charge on any atom is -0.508 e. The number of rotatable bonds is 9. The third-order valence-corrected chi connectivity index (χ3v) is 15.8. The van der Waals surface area contributed by atoms with Crippen LogP contribution in [0.2, 0.25) is 0 Å². The molecule has 0 aromatic heterocycles. The van der Waals surface area contributed by atoms with Crippen molar-refractivity contribution >= 4 is 35.3 Å². The lowest BCUT2D eigenvalue weighted by Gasteiger charge is -2.46. The summed E-state index contributed by atoms with van der Waals surface area (Å²) in [4.78, 5) is 81.8. The van der Waals surface area contributed by atoms with Crippen molar-refractivity contribution in [3.63, 3.8) is 0 Å². The first-order valence-corrected chi connectivity index (χ1v) is 25.9. The van der Waals surface area contributed by atoms with Crippen molar-refractivity contribution in [1.82, 2.24) is 14.7 Å². The van der Waals surface area contributed by atoms with Crippen molar-refractivity contribution in [1.29, 1.82) is 0 Å². The van der Waals surface area contributed by atoms with E-state index in [1.807, 2.05) is 83.8 Å². The summed E-state index contributed by atoms with van der Waals surface area (Å²) in [7, 11) is 0. The van der Waals surface area contributed by atoms with E-state index in [0.717, 1.165) is 47.3 Å². The van der Waals surface area contributed by atoms with Gasteiger partial charge in [-0.05, 0) is 119 Å². The number of morpholine rings is 1. The summed E-state index contributed by atoms with van der Waals surface area (Å²) < 4.78 is 23.8. The van der Waals surface area contributed by atoms with Gasteiger partial charge in [-0.2, -0.15) is 0 Å². The second-order valence-electron chi connectivity index (χ2n) is 20.2. The number of benzene rings is 6. The minimum atomic E-state index is -2.07. The number of cyclic esters (lactones) is 1. The number of fused-ring (bicyclic) bond motifs is 4. The number of phenols is 1. The van der Waals surface area contributed by atoms with Crippen molar-refractivity contribution in [2.75, 3.05) is 37.9 Å². The number of amides is 3. The Bertz CT molecular complexity index is 3390. The van der Waals surface area contributed by atoms with Crippen molar-refractivity contribution in [2.45, 2.75) is 68.5 Å². The largest absolute Gasteiger partial charge is 0.508 e. The fourth-order valence-electron chi connectivity index (χ4n) is 12.2. The molecule has 1 aliphatic carbocycles. The highest BCUT2D eigenvalue weighted by Gasteiger charge is 2.76. The van der Waals surface area contributed by atoms with Gasteiger partial charge in [-0.3, -0.25) is 34.3 Å². The van der Waals surface area contributed by atoms with Crippen LogP contribution in [0.3, 0.4) is 0 Å². The van der Waals surface area contributed by atoms with Crippen LogP contribution >= 0.6 is 0 Å². The zero-order valence-corrected chi connectivity index (χ0v) is 41.9. The average Bonchev–Trinajstić information content (AvgIpc) is 4.35. The Kier molecular flexibility index (Phi) is 13.0. The van der Waals surface area contributed by atoms with E-state index in [4.69, 9.17) is 18.9 Å². The van der Waals surface area contributed by atoms with E-state index >= 15 is 19.2 Å². The number of nitrogens with zero attached hydrogens (tertiary/aromatic N) is 5. The van der Waals surface area contributed by atoms with Crippen LogP contribution in [0.15, 0.2) is 157 Å². The van der Waals surface area contributed by atoms with Crippen molar-refractivity contribution in [3.05, 3.63) is 206 Å². The Morgan fingerprint density at radius 2 is 1.47 bits per heavy atom. The van der Waals surface area contributed by atoms with Crippen LogP contribution in [0.5, 0.6) is 17.2 Å². The maximum absolute atomic E-state index is 16.8. The number of esters is 1. The van der Waals surface area contributed by atoms with Crippen LogP contribution < -0.4 is 14.4 Å². The first-order chi connectivity index (χ1) is 37.6. The summed E-state index contributed by atoms with van der Waals surface area (Å²) in [5.41, 5.74) is 3.09. The molecule has 1 spiro atoms. The summed E-state index contributed by atoms with van der Waals surface area (Å²) in [6.07, 6.45) is 3.95. The molecule has 16 nitrogen and oxygen atoms in total. The topological polar surface area (TPSA) is 182 Å². The second kappa shape index (κ2) is 20.4. The Hall–Kier alpha value is -8.78. The van der Waals surface area contributed by atoms with Crippen LogP contribution in [0.1, 0.15) is 82.8 Å². The third-order valence-electron chi connectivity index (χ3n) is 15.8. The molecule has 6 aliphatic rings. The zero-order valence-electron chi connectivity index (χ0n) is 41.9. The molecule has 16 heteroatoms. The molecule has 6 atom stereocenters. The van der Waals surface area contributed by atoms with Gasteiger partial charge in [0.15, 0.2) is 11.5 Å². The number of anilines is 1. The molecule has 6 unspecified atom stereocenters. The van der Waals surface area contributed by atoms with Gasteiger partial charge in [0, 0.05) is 50.4 Å². The lowest BCUT2D eigenvalue weighted by atomic mass is 9.64. The molecule has 77 heavy (non-hydrogen) atoms. The van der Waals surface area contributed by atoms with Gasteiger partial charge in [0.25, 0.3) is 5.69 Å². The van der Waals surface area contributed by atoms with Gasteiger partial charge in [-0.25, -0.2) is 9.69 Å². The quantitative estimate of drug-likeness (QED) is 0.0627. The summed E-state index contributed by atoms with van der Waals surface area (Å²) in [5, 5.41) is 22.4. The zero-order chi connectivity index (χ0) is 52.8. The van der Waals surface area contributed by atoms with Crippen LogP contribution in [-0.4, -0.2) is 87.6 Å². The number of hydrogen-bond acceptors (Lipinski definition) is 13. The molecule has 12 rings (SSSR count). The molecule has 3 amide bonds. The summed E-state index contributed by atoms with van der Waals surface area (Å²) >= 11 is 0. The lowest BCUT2D eigenvalue weighted by molar-refractivity contribution is -0.384. The fourth-order valence-corrected chi connectivity index (χ4v) is 12.2.